The first-order chi connectivity index (χ1) is 18.2. The largest absolute Gasteiger partial charge is 0.493 e. The van der Waals surface area contributed by atoms with Crippen LogP contribution in [0.1, 0.15) is 49.9 Å². The smallest absolute Gasteiger partial charge is 0.227 e. The fraction of sp³-hybridized carbons (Fsp3) is 0.355. The van der Waals surface area contributed by atoms with Crippen molar-refractivity contribution in [3.63, 3.8) is 0 Å². The van der Waals surface area contributed by atoms with Gasteiger partial charge in [-0.1, -0.05) is 49.7 Å². The molecule has 1 aromatic heterocycles. The van der Waals surface area contributed by atoms with Crippen molar-refractivity contribution >= 4 is 22.6 Å². The van der Waals surface area contributed by atoms with Gasteiger partial charge in [0.1, 0.15) is 5.82 Å². The fourth-order valence-electron chi connectivity index (χ4n) is 5.14. The van der Waals surface area contributed by atoms with Gasteiger partial charge in [0, 0.05) is 31.1 Å². The lowest BCUT2D eigenvalue weighted by Crippen LogP contribution is -2.24. The number of aryl methyl sites for hydroxylation is 2. The number of nitrogens with zero attached hydrogens (tertiary/aromatic N) is 3. The number of fused-ring (bicyclic) bond motifs is 1. The Bertz CT molecular complexity index is 1350. The van der Waals surface area contributed by atoms with Gasteiger partial charge in [0.15, 0.2) is 11.5 Å². The number of hydrogen-bond donors (Lipinski definition) is 0. The molecule has 0 radical (unpaired) electrons. The van der Waals surface area contributed by atoms with Crippen LogP contribution in [0.4, 0.5) is 5.69 Å². The molecule has 192 valence electrons. The second kappa shape index (κ2) is 11.5. The molecular formula is C31H35N3O3. The summed E-state index contributed by atoms with van der Waals surface area (Å²) < 4.78 is 13.7. The molecule has 1 saturated heterocycles. The molecule has 4 aromatic rings. The van der Waals surface area contributed by atoms with E-state index in [0.29, 0.717) is 19.6 Å². The van der Waals surface area contributed by atoms with E-state index in [2.05, 4.69) is 41.8 Å². The first-order valence-electron chi connectivity index (χ1n) is 13.3. The third-order valence-corrected chi connectivity index (χ3v) is 7.09. The number of anilines is 1. The average Bonchev–Trinajstić information content (AvgIpc) is 3.50. The number of rotatable bonds is 11. The molecule has 1 fully saturated rings. The molecule has 1 amide bonds. The van der Waals surface area contributed by atoms with Crippen molar-refractivity contribution < 1.29 is 14.3 Å². The molecule has 0 bridgehead atoms. The quantitative estimate of drug-likeness (QED) is 0.226. The zero-order valence-corrected chi connectivity index (χ0v) is 21.7. The van der Waals surface area contributed by atoms with Gasteiger partial charge in [-0.2, -0.15) is 0 Å². The zero-order valence-electron chi connectivity index (χ0n) is 21.7. The van der Waals surface area contributed by atoms with Gasteiger partial charge in [0.25, 0.3) is 0 Å². The van der Waals surface area contributed by atoms with E-state index in [0.717, 1.165) is 53.4 Å². The summed E-state index contributed by atoms with van der Waals surface area (Å²) in [4.78, 5) is 20.0. The van der Waals surface area contributed by atoms with Crippen molar-refractivity contribution in [3.05, 3.63) is 84.2 Å². The van der Waals surface area contributed by atoms with Crippen LogP contribution in [-0.4, -0.2) is 35.7 Å². The minimum absolute atomic E-state index is 0.0507. The molecule has 5 rings (SSSR count). The third-order valence-electron chi connectivity index (χ3n) is 7.09. The molecule has 0 saturated carbocycles. The Morgan fingerprint density at radius 1 is 0.946 bits per heavy atom. The molecule has 2 heterocycles. The van der Waals surface area contributed by atoms with Gasteiger partial charge in [-0.25, -0.2) is 4.98 Å². The molecule has 1 unspecified atom stereocenters. The van der Waals surface area contributed by atoms with Crippen molar-refractivity contribution in [2.75, 3.05) is 25.2 Å². The normalized spacial score (nSPS) is 15.5. The van der Waals surface area contributed by atoms with Gasteiger partial charge in [0.05, 0.1) is 24.8 Å². The summed E-state index contributed by atoms with van der Waals surface area (Å²) in [5.74, 6) is 2.67. The molecular weight excluding hydrogens is 462 g/mol. The van der Waals surface area contributed by atoms with Gasteiger partial charge in [0.2, 0.25) is 5.91 Å². The Labute approximate surface area is 218 Å². The number of benzene rings is 3. The predicted molar refractivity (Wildman–Crippen MR) is 148 cm³/mol. The molecule has 1 aliphatic heterocycles. The van der Waals surface area contributed by atoms with Gasteiger partial charge < -0.3 is 18.9 Å². The van der Waals surface area contributed by atoms with Gasteiger partial charge >= 0.3 is 0 Å². The van der Waals surface area contributed by atoms with Crippen LogP contribution in [0, 0.1) is 0 Å². The number of para-hydroxylation sites is 4. The number of carbonyl (C=O) groups is 1. The number of ether oxygens (including phenoxy) is 2. The topological polar surface area (TPSA) is 56.6 Å². The van der Waals surface area contributed by atoms with Gasteiger partial charge in [-0.05, 0) is 61.2 Å². The number of amides is 1. The summed E-state index contributed by atoms with van der Waals surface area (Å²) in [5.41, 5.74) is 4.36. The van der Waals surface area contributed by atoms with E-state index in [1.807, 2.05) is 47.4 Å². The van der Waals surface area contributed by atoms with E-state index in [9.17, 15) is 4.79 Å². The van der Waals surface area contributed by atoms with Crippen LogP contribution in [0.5, 0.6) is 11.5 Å². The second-order valence-electron chi connectivity index (χ2n) is 9.64. The number of carbonyl (C=O) groups excluding carboxylic acids is 1. The summed E-state index contributed by atoms with van der Waals surface area (Å²) in [5, 5.41) is 0. The molecule has 0 aliphatic carbocycles. The maximum absolute atomic E-state index is 13.1. The van der Waals surface area contributed by atoms with E-state index >= 15 is 0 Å². The molecule has 0 N–H and O–H groups in total. The van der Waals surface area contributed by atoms with Crippen molar-refractivity contribution in [1.82, 2.24) is 9.55 Å². The summed E-state index contributed by atoms with van der Waals surface area (Å²) >= 11 is 0. The number of unbranched alkanes of at least 4 members (excludes halogenated alkanes) is 1. The SMILES string of the molecule is CCCCc1ccc(N2CC(c3nc4ccccc4n3CCCOc3ccccc3OC)CC2=O)cc1. The van der Waals surface area contributed by atoms with Crippen molar-refractivity contribution in [3.8, 4) is 11.5 Å². The second-order valence-corrected chi connectivity index (χ2v) is 9.64. The highest BCUT2D eigenvalue weighted by atomic mass is 16.5. The first kappa shape index (κ1) is 24.9. The van der Waals surface area contributed by atoms with Crippen molar-refractivity contribution in [1.29, 1.82) is 0 Å². The number of aromatic nitrogens is 2. The van der Waals surface area contributed by atoms with Crippen LogP contribution >= 0.6 is 0 Å². The standard InChI is InChI=1S/C31H35N3O3/c1-3-4-10-23-15-17-25(18-16-23)34-22-24(21-30(34)35)31-32-26-11-5-6-12-27(26)33(31)19-9-20-37-29-14-8-7-13-28(29)36-2/h5-8,11-18,24H,3-4,9-10,19-22H2,1-2H3. The maximum atomic E-state index is 13.1. The average molecular weight is 498 g/mol. The van der Waals surface area contributed by atoms with E-state index in [4.69, 9.17) is 14.5 Å². The minimum atomic E-state index is 0.0507. The van der Waals surface area contributed by atoms with Crippen LogP contribution in [0.25, 0.3) is 11.0 Å². The van der Waals surface area contributed by atoms with E-state index in [1.54, 1.807) is 7.11 Å². The summed E-state index contributed by atoms with van der Waals surface area (Å²) in [6, 6.07) is 24.4. The Morgan fingerprint density at radius 3 is 2.49 bits per heavy atom. The highest BCUT2D eigenvalue weighted by Crippen LogP contribution is 2.34. The molecule has 0 spiro atoms. The highest BCUT2D eigenvalue weighted by Gasteiger charge is 2.34. The maximum Gasteiger partial charge on any atom is 0.227 e. The lowest BCUT2D eigenvalue weighted by molar-refractivity contribution is -0.117. The van der Waals surface area contributed by atoms with Crippen LogP contribution in [0.3, 0.4) is 0 Å². The predicted octanol–water partition coefficient (Wildman–Crippen LogP) is 6.38. The highest BCUT2D eigenvalue weighted by molar-refractivity contribution is 5.96. The summed E-state index contributed by atoms with van der Waals surface area (Å²) in [6.07, 6.45) is 4.73. The van der Waals surface area contributed by atoms with Crippen molar-refractivity contribution in [2.45, 2.75) is 51.5 Å². The third kappa shape index (κ3) is 5.48. The Kier molecular flexibility index (Phi) is 7.73. The van der Waals surface area contributed by atoms with Crippen molar-refractivity contribution in [2.24, 2.45) is 0 Å². The fourth-order valence-corrected chi connectivity index (χ4v) is 5.14. The Balaban J connectivity index is 1.30. The zero-order chi connectivity index (χ0) is 25.6. The number of hydrogen-bond acceptors (Lipinski definition) is 4. The van der Waals surface area contributed by atoms with Crippen LogP contribution in [0.2, 0.25) is 0 Å². The number of imidazole rings is 1. The first-order valence-corrected chi connectivity index (χ1v) is 13.3. The van der Waals surface area contributed by atoms with Gasteiger partial charge in [-0.15, -0.1) is 0 Å². The lowest BCUT2D eigenvalue weighted by Gasteiger charge is -2.18. The minimum Gasteiger partial charge on any atom is -0.493 e. The van der Waals surface area contributed by atoms with E-state index in [-0.39, 0.29) is 11.8 Å². The molecule has 1 aliphatic rings. The van der Waals surface area contributed by atoms with E-state index in [1.165, 1.54) is 18.4 Å². The molecule has 6 heteroatoms. The lowest BCUT2D eigenvalue weighted by atomic mass is 10.1. The molecule has 3 aromatic carbocycles. The summed E-state index contributed by atoms with van der Waals surface area (Å²) in [7, 11) is 1.65. The molecule has 1 atom stereocenters. The summed E-state index contributed by atoms with van der Waals surface area (Å²) in [6.45, 7) is 4.18. The molecule has 6 nitrogen and oxygen atoms in total. The van der Waals surface area contributed by atoms with Gasteiger partial charge in [-0.3, -0.25) is 4.79 Å². The van der Waals surface area contributed by atoms with E-state index < -0.39 is 0 Å². The van der Waals surface area contributed by atoms with Crippen LogP contribution in [0.15, 0.2) is 72.8 Å². The van der Waals surface area contributed by atoms with Crippen LogP contribution in [-0.2, 0) is 17.8 Å². The van der Waals surface area contributed by atoms with Crippen LogP contribution < -0.4 is 14.4 Å². The Morgan fingerprint density at radius 2 is 1.70 bits per heavy atom. The monoisotopic (exact) mass is 497 g/mol. The molecule has 37 heavy (non-hydrogen) atoms. The number of methoxy groups -OCH3 is 1. The Hall–Kier alpha value is -3.80.